The van der Waals surface area contributed by atoms with E-state index in [2.05, 4.69) is 56.4 Å². The average Bonchev–Trinajstić information content (AvgIpc) is 3.46. The van der Waals surface area contributed by atoms with Crippen molar-refractivity contribution in [3.8, 4) is 5.69 Å². The first kappa shape index (κ1) is 20.9. The molecule has 2 aliphatic heterocycles. The van der Waals surface area contributed by atoms with E-state index < -0.39 is 0 Å². The Kier molecular flexibility index (Phi) is 6.05. The molecular formula is C24H31N7O. The Labute approximate surface area is 189 Å². The topological polar surface area (TPSA) is 80.1 Å². The molecule has 1 saturated heterocycles. The average molecular weight is 434 g/mol. The molecule has 8 nitrogen and oxygen atoms in total. The molecule has 4 heterocycles. The zero-order chi connectivity index (χ0) is 21.9. The monoisotopic (exact) mass is 433 g/mol. The fraction of sp³-hybridized carbons (Fsp3) is 0.458. The Hall–Kier alpha value is -2.97. The molecule has 1 fully saturated rings. The molecule has 0 radical (unpaired) electrons. The molecule has 3 aromatic rings. The summed E-state index contributed by atoms with van der Waals surface area (Å²) in [5, 5.41) is 6.97. The van der Waals surface area contributed by atoms with Gasteiger partial charge in [-0.3, -0.25) is 0 Å². The predicted octanol–water partition coefficient (Wildman–Crippen LogP) is 3.68. The van der Waals surface area contributed by atoms with Gasteiger partial charge in [0.25, 0.3) is 0 Å². The minimum Gasteiger partial charge on any atom is -0.378 e. The van der Waals surface area contributed by atoms with Gasteiger partial charge >= 0.3 is 0 Å². The highest BCUT2D eigenvalue weighted by atomic mass is 16.5. The van der Waals surface area contributed by atoms with Crippen LogP contribution in [-0.4, -0.2) is 57.3 Å². The number of hydrogen-bond acceptors (Lipinski definition) is 7. The summed E-state index contributed by atoms with van der Waals surface area (Å²) in [4.78, 5) is 16.3. The summed E-state index contributed by atoms with van der Waals surface area (Å²) >= 11 is 0. The van der Waals surface area contributed by atoms with Crippen LogP contribution in [0.15, 0.2) is 36.7 Å². The first-order valence-electron chi connectivity index (χ1n) is 11.5. The molecule has 1 atom stereocenters. The van der Waals surface area contributed by atoms with Gasteiger partial charge in [0.2, 0.25) is 5.95 Å². The summed E-state index contributed by atoms with van der Waals surface area (Å²) in [6.07, 6.45) is 8.43. The van der Waals surface area contributed by atoms with Gasteiger partial charge in [0.1, 0.15) is 11.6 Å². The predicted molar refractivity (Wildman–Crippen MR) is 126 cm³/mol. The molecule has 32 heavy (non-hydrogen) atoms. The summed E-state index contributed by atoms with van der Waals surface area (Å²) in [5.74, 6) is 2.54. The molecule has 0 bridgehead atoms. The molecule has 168 valence electrons. The minimum absolute atomic E-state index is 0.373. The highest BCUT2D eigenvalue weighted by molar-refractivity contribution is 5.59. The van der Waals surface area contributed by atoms with Crippen molar-refractivity contribution in [3.05, 3.63) is 53.7 Å². The Morgan fingerprint density at radius 1 is 1.19 bits per heavy atom. The SMILES string of the molecule is Cc1nccn1-c1ccc(Nc2nc3c(c(NCC[C@@H]4CCCO4)n2)CN(C)CC3)cc1. The quantitative estimate of drug-likeness (QED) is 0.588. The van der Waals surface area contributed by atoms with E-state index in [0.29, 0.717) is 12.1 Å². The molecule has 0 unspecified atom stereocenters. The molecule has 0 spiro atoms. The number of nitrogens with zero attached hydrogens (tertiary/aromatic N) is 5. The number of ether oxygens (including phenoxy) is 1. The Morgan fingerprint density at radius 2 is 2.06 bits per heavy atom. The number of aryl methyl sites for hydroxylation is 1. The van der Waals surface area contributed by atoms with Crippen LogP contribution in [0.3, 0.4) is 0 Å². The van der Waals surface area contributed by atoms with Crippen LogP contribution >= 0.6 is 0 Å². The first-order valence-corrected chi connectivity index (χ1v) is 11.5. The van der Waals surface area contributed by atoms with Crippen LogP contribution in [0.25, 0.3) is 5.69 Å². The van der Waals surface area contributed by atoms with Crippen LogP contribution in [0.2, 0.25) is 0 Å². The molecule has 2 aliphatic rings. The van der Waals surface area contributed by atoms with Gasteiger partial charge in [-0.05, 0) is 57.5 Å². The van der Waals surface area contributed by atoms with Crippen molar-refractivity contribution in [1.29, 1.82) is 0 Å². The van der Waals surface area contributed by atoms with E-state index in [1.165, 1.54) is 12.0 Å². The molecule has 1 aromatic carbocycles. The molecule has 5 rings (SSSR count). The van der Waals surface area contributed by atoms with Gasteiger partial charge in [-0.15, -0.1) is 0 Å². The zero-order valence-electron chi connectivity index (χ0n) is 18.8. The Morgan fingerprint density at radius 3 is 2.81 bits per heavy atom. The normalized spacial score (nSPS) is 18.5. The van der Waals surface area contributed by atoms with Crippen LogP contribution in [-0.2, 0) is 17.7 Å². The van der Waals surface area contributed by atoms with Gasteiger partial charge < -0.3 is 24.8 Å². The van der Waals surface area contributed by atoms with Crippen molar-refractivity contribution in [1.82, 2.24) is 24.4 Å². The van der Waals surface area contributed by atoms with Gasteiger partial charge in [-0.25, -0.2) is 9.97 Å². The van der Waals surface area contributed by atoms with Gasteiger partial charge in [0.15, 0.2) is 0 Å². The number of hydrogen-bond donors (Lipinski definition) is 2. The first-order chi connectivity index (χ1) is 15.7. The van der Waals surface area contributed by atoms with Crippen molar-refractivity contribution in [2.45, 2.75) is 45.3 Å². The number of aromatic nitrogens is 4. The summed E-state index contributed by atoms with van der Waals surface area (Å²) in [6, 6.07) is 8.25. The lowest BCUT2D eigenvalue weighted by Gasteiger charge is -2.26. The highest BCUT2D eigenvalue weighted by Gasteiger charge is 2.21. The highest BCUT2D eigenvalue weighted by Crippen LogP contribution is 2.27. The molecule has 0 amide bonds. The maximum absolute atomic E-state index is 5.77. The number of imidazole rings is 1. The fourth-order valence-electron chi connectivity index (χ4n) is 4.46. The number of fused-ring (bicyclic) bond motifs is 1. The van der Waals surface area contributed by atoms with Crippen LogP contribution in [0.4, 0.5) is 17.5 Å². The van der Waals surface area contributed by atoms with Crippen molar-refractivity contribution < 1.29 is 4.74 Å². The third-order valence-electron chi connectivity index (χ3n) is 6.26. The maximum Gasteiger partial charge on any atom is 0.229 e. The summed E-state index contributed by atoms with van der Waals surface area (Å²) in [6.45, 7) is 5.63. The van der Waals surface area contributed by atoms with E-state index in [1.54, 1.807) is 0 Å². The second-order valence-electron chi connectivity index (χ2n) is 8.68. The lowest BCUT2D eigenvalue weighted by atomic mass is 10.1. The third kappa shape index (κ3) is 4.61. The Balaban J connectivity index is 1.33. The van der Waals surface area contributed by atoms with E-state index in [1.807, 2.05) is 19.3 Å². The van der Waals surface area contributed by atoms with E-state index in [-0.39, 0.29) is 0 Å². The smallest absolute Gasteiger partial charge is 0.229 e. The van der Waals surface area contributed by atoms with E-state index in [9.17, 15) is 0 Å². The second-order valence-corrected chi connectivity index (χ2v) is 8.68. The second kappa shape index (κ2) is 9.26. The van der Waals surface area contributed by atoms with E-state index in [0.717, 1.165) is 74.2 Å². The largest absolute Gasteiger partial charge is 0.378 e. The zero-order valence-corrected chi connectivity index (χ0v) is 18.8. The third-order valence-corrected chi connectivity index (χ3v) is 6.26. The molecule has 0 aliphatic carbocycles. The van der Waals surface area contributed by atoms with Gasteiger partial charge in [0.05, 0.1) is 11.8 Å². The van der Waals surface area contributed by atoms with Crippen LogP contribution in [0.5, 0.6) is 0 Å². The van der Waals surface area contributed by atoms with Crippen molar-refractivity contribution >= 4 is 17.5 Å². The number of rotatable bonds is 7. The number of likely N-dealkylation sites (N-methyl/N-ethyl adjacent to an activating group) is 1. The summed E-state index contributed by atoms with van der Waals surface area (Å²) in [5.41, 5.74) is 4.38. The summed E-state index contributed by atoms with van der Waals surface area (Å²) < 4.78 is 7.83. The van der Waals surface area contributed by atoms with Crippen molar-refractivity contribution in [3.63, 3.8) is 0 Å². The van der Waals surface area contributed by atoms with Crippen LogP contribution in [0, 0.1) is 6.92 Å². The van der Waals surface area contributed by atoms with Gasteiger partial charge in [0, 0.05) is 62.0 Å². The molecule has 0 saturated carbocycles. The molecular weight excluding hydrogens is 402 g/mol. The van der Waals surface area contributed by atoms with Gasteiger partial charge in [-0.2, -0.15) is 4.98 Å². The van der Waals surface area contributed by atoms with Crippen LogP contribution < -0.4 is 10.6 Å². The van der Waals surface area contributed by atoms with Crippen molar-refractivity contribution in [2.75, 3.05) is 37.4 Å². The lowest BCUT2D eigenvalue weighted by Crippen LogP contribution is -2.29. The molecule has 2 N–H and O–H groups in total. The number of nitrogens with one attached hydrogen (secondary N) is 2. The lowest BCUT2D eigenvalue weighted by molar-refractivity contribution is 0.107. The molecule has 8 heteroatoms. The van der Waals surface area contributed by atoms with Gasteiger partial charge in [-0.1, -0.05) is 0 Å². The summed E-state index contributed by atoms with van der Waals surface area (Å²) in [7, 11) is 2.15. The maximum atomic E-state index is 5.77. The fourth-order valence-corrected chi connectivity index (χ4v) is 4.46. The Bertz CT molecular complexity index is 1060. The van der Waals surface area contributed by atoms with Crippen molar-refractivity contribution in [2.24, 2.45) is 0 Å². The van der Waals surface area contributed by atoms with Crippen LogP contribution in [0.1, 0.15) is 36.3 Å². The minimum atomic E-state index is 0.373. The number of anilines is 3. The molecule has 2 aromatic heterocycles. The van der Waals surface area contributed by atoms with E-state index in [4.69, 9.17) is 14.7 Å². The number of benzene rings is 1. The van der Waals surface area contributed by atoms with E-state index >= 15 is 0 Å². The standard InChI is InChI=1S/C24H31N7O/c1-17-25-12-14-31(17)19-7-5-18(6-8-19)27-24-28-22-10-13-30(2)16-21(22)23(29-24)26-11-9-20-4-3-15-32-20/h5-8,12,14,20H,3-4,9-11,13,15-16H2,1-2H3,(H2,26,27,28,29)/t20-/m0/s1.